The summed E-state index contributed by atoms with van der Waals surface area (Å²) in [7, 11) is 0. The van der Waals surface area contributed by atoms with E-state index in [0.717, 1.165) is 0 Å². The Kier molecular flexibility index (Phi) is 14.1. The van der Waals surface area contributed by atoms with Crippen LogP contribution in [0, 0.1) is 40.4 Å². The SMILES string of the molecule is CCCC(=O)OC1C(OC(C)=O)C(O)C(C)=CC2C3C(C(C)C)C(OC(=O)C(C)CC)C(OC(=O)CCC)C3(C)C(OC(=O)CCC)CC21C. The molecule has 0 aromatic heterocycles. The van der Waals surface area contributed by atoms with Crippen LogP contribution >= 0.6 is 0 Å². The zero-order valence-corrected chi connectivity index (χ0v) is 32.1. The first kappa shape index (κ1) is 41.5. The highest BCUT2D eigenvalue weighted by Gasteiger charge is 2.74. The van der Waals surface area contributed by atoms with E-state index >= 15 is 0 Å². The lowest BCUT2D eigenvalue weighted by Crippen LogP contribution is -2.63. The molecule has 12 atom stereocenters. The van der Waals surface area contributed by atoms with Crippen LogP contribution in [0.4, 0.5) is 0 Å². The smallest absolute Gasteiger partial charge is 0.309 e. The highest BCUT2D eigenvalue weighted by Crippen LogP contribution is 2.67. The summed E-state index contributed by atoms with van der Waals surface area (Å²) < 4.78 is 31.2. The molecule has 0 saturated heterocycles. The third kappa shape index (κ3) is 8.23. The Bertz CT molecular complexity index is 1270. The fourth-order valence-electron chi connectivity index (χ4n) is 8.80. The maximum atomic E-state index is 13.6. The minimum Gasteiger partial charge on any atom is -0.462 e. The largest absolute Gasteiger partial charge is 0.462 e. The summed E-state index contributed by atoms with van der Waals surface area (Å²) in [6.07, 6.45) is -1.75. The van der Waals surface area contributed by atoms with Gasteiger partial charge in [-0.15, -0.1) is 0 Å². The van der Waals surface area contributed by atoms with Crippen molar-refractivity contribution in [2.24, 2.45) is 40.4 Å². The lowest BCUT2D eigenvalue weighted by molar-refractivity contribution is -0.226. The van der Waals surface area contributed by atoms with Crippen LogP contribution in [0.25, 0.3) is 0 Å². The molecule has 0 heterocycles. The first-order valence-corrected chi connectivity index (χ1v) is 18.7. The molecular weight excluding hydrogens is 644 g/mol. The molecule has 3 rings (SSSR count). The monoisotopic (exact) mass is 706 g/mol. The van der Waals surface area contributed by atoms with Crippen LogP contribution in [0.3, 0.4) is 0 Å². The summed E-state index contributed by atoms with van der Waals surface area (Å²) in [6, 6.07) is 0. The standard InChI is InChI=1S/C39H62O11/c1-12-16-27(41)47-26-20-38(10)25(19-23(8)32(44)34(46-24(9)40)35(38)48-28(42)17-13-2)31-30(21(5)6)33(50-37(45)22(7)15-4)36(39(26,31)11)49-29(43)18-14-3/h19,21-22,25-26,30-36,44H,12-18,20H2,1-11H3. The minimum absolute atomic E-state index is 0.111. The number of fused-ring (bicyclic) bond motifs is 3. The summed E-state index contributed by atoms with van der Waals surface area (Å²) in [5.74, 6) is -4.34. The molecule has 3 aliphatic carbocycles. The van der Waals surface area contributed by atoms with E-state index in [9.17, 15) is 29.1 Å². The normalized spacial score (nSPS) is 35.5. The van der Waals surface area contributed by atoms with Gasteiger partial charge < -0.3 is 28.8 Å². The predicted molar refractivity (Wildman–Crippen MR) is 185 cm³/mol. The lowest BCUT2D eigenvalue weighted by atomic mass is 9.49. The van der Waals surface area contributed by atoms with Crippen molar-refractivity contribution in [2.45, 2.75) is 164 Å². The van der Waals surface area contributed by atoms with Gasteiger partial charge in [0.05, 0.1) is 5.92 Å². The van der Waals surface area contributed by atoms with Gasteiger partial charge in [0, 0.05) is 42.9 Å². The molecule has 3 aliphatic rings. The maximum Gasteiger partial charge on any atom is 0.309 e. The molecule has 0 spiro atoms. The van der Waals surface area contributed by atoms with Gasteiger partial charge in [0.25, 0.3) is 0 Å². The minimum atomic E-state index is -1.30. The van der Waals surface area contributed by atoms with Crippen molar-refractivity contribution in [3.63, 3.8) is 0 Å². The number of carbonyl (C=O) groups is 5. The number of carbonyl (C=O) groups excluding carboxylic acids is 5. The number of allylic oxidation sites excluding steroid dienone is 1. The fraction of sp³-hybridized carbons (Fsp3) is 0.821. The van der Waals surface area contributed by atoms with E-state index in [-0.39, 0.29) is 31.6 Å². The lowest BCUT2D eigenvalue weighted by Gasteiger charge is -2.58. The Morgan fingerprint density at radius 2 is 1.32 bits per heavy atom. The third-order valence-corrected chi connectivity index (χ3v) is 11.6. The highest BCUT2D eigenvalue weighted by atomic mass is 16.6. The average Bonchev–Trinajstić information content (AvgIpc) is 3.24. The molecule has 0 amide bonds. The van der Waals surface area contributed by atoms with Crippen LogP contribution in [0.5, 0.6) is 0 Å². The van der Waals surface area contributed by atoms with Crippen molar-refractivity contribution in [1.82, 2.24) is 0 Å². The maximum absolute atomic E-state index is 13.6. The van der Waals surface area contributed by atoms with Crippen molar-refractivity contribution in [1.29, 1.82) is 0 Å². The van der Waals surface area contributed by atoms with E-state index in [0.29, 0.717) is 31.3 Å². The molecule has 0 bridgehead atoms. The Hall–Kier alpha value is -2.95. The molecule has 0 aliphatic heterocycles. The summed E-state index contributed by atoms with van der Waals surface area (Å²) >= 11 is 0. The van der Waals surface area contributed by atoms with E-state index in [4.69, 9.17) is 23.7 Å². The molecule has 0 aromatic rings. The molecule has 0 aromatic carbocycles. The number of hydrogen-bond donors (Lipinski definition) is 1. The van der Waals surface area contributed by atoms with Crippen LogP contribution in [0.1, 0.15) is 128 Å². The zero-order valence-electron chi connectivity index (χ0n) is 32.1. The third-order valence-electron chi connectivity index (χ3n) is 11.6. The molecule has 284 valence electrons. The molecule has 2 fully saturated rings. The van der Waals surface area contributed by atoms with Crippen LogP contribution < -0.4 is 0 Å². The summed E-state index contributed by atoms with van der Waals surface area (Å²) in [6.45, 7) is 20.2. The zero-order chi connectivity index (χ0) is 37.7. The summed E-state index contributed by atoms with van der Waals surface area (Å²) in [5.41, 5.74) is -1.62. The van der Waals surface area contributed by atoms with Crippen molar-refractivity contribution < 1.29 is 52.8 Å². The van der Waals surface area contributed by atoms with Gasteiger partial charge in [-0.3, -0.25) is 24.0 Å². The van der Waals surface area contributed by atoms with Crippen molar-refractivity contribution >= 4 is 29.8 Å². The second kappa shape index (κ2) is 17.0. The van der Waals surface area contributed by atoms with Crippen LogP contribution in [0.2, 0.25) is 0 Å². The number of aliphatic hydroxyl groups excluding tert-OH is 1. The summed E-state index contributed by atoms with van der Waals surface area (Å²) in [4.78, 5) is 66.3. The van der Waals surface area contributed by atoms with Crippen LogP contribution in [-0.2, 0) is 47.7 Å². The average molecular weight is 707 g/mol. The number of hydrogen-bond acceptors (Lipinski definition) is 11. The Morgan fingerprint density at radius 3 is 1.80 bits per heavy atom. The molecule has 50 heavy (non-hydrogen) atoms. The molecule has 11 heteroatoms. The van der Waals surface area contributed by atoms with E-state index < -0.39 is 101 Å². The Labute approximate surface area is 298 Å². The summed E-state index contributed by atoms with van der Waals surface area (Å²) in [5, 5.41) is 11.7. The van der Waals surface area contributed by atoms with E-state index in [1.807, 2.05) is 61.5 Å². The molecule has 12 unspecified atom stereocenters. The van der Waals surface area contributed by atoms with E-state index in [2.05, 4.69) is 0 Å². The van der Waals surface area contributed by atoms with Gasteiger partial charge in [0.2, 0.25) is 0 Å². The van der Waals surface area contributed by atoms with Gasteiger partial charge in [-0.2, -0.15) is 0 Å². The molecule has 11 nitrogen and oxygen atoms in total. The van der Waals surface area contributed by atoms with E-state index in [1.165, 1.54) is 6.92 Å². The Morgan fingerprint density at radius 1 is 0.800 bits per heavy atom. The van der Waals surface area contributed by atoms with Crippen molar-refractivity contribution in [3.05, 3.63) is 11.6 Å². The van der Waals surface area contributed by atoms with Gasteiger partial charge in [0.15, 0.2) is 6.10 Å². The predicted octanol–water partition coefficient (Wildman–Crippen LogP) is 6.27. The number of ether oxygens (including phenoxy) is 5. The van der Waals surface area contributed by atoms with Crippen LogP contribution in [-0.4, -0.2) is 71.6 Å². The van der Waals surface area contributed by atoms with E-state index in [1.54, 1.807) is 13.8 Å². The van der Waals surface area contributed by atoms with Crippen molar-refractivity contribution in [3.8, 4) is 0 Å². The molecule has 0 radical (unpaired) electrons. The topological polar surface area (TPSA) is 152 Å². The number of aliphatic hydroxyl groups is 1. The first-order valence-electron chi connectivity index (χ1n) is 18.7. The van der Waals surface area contributed by atoms with Crippen molar-refractivity contribution in [2.75, 3.05) is 0 Å². The first-order chi connectivity index (χ1) is 23.4. The Balaban J connectivity index is 2.42. The molecular formula is C39H62O11. The molecule has 1 N–H and O–H groups in total. The van der Waals surface area contributed by atoms with Crippen LogP contribution in [0.15, 0.2) is 11.6 Å². The molecule has 2 saturated carbocycles. The van der Waals surface area contributed by atoms with Gasteiger partial charge in [0.1, 0.15) is 30.5 Å². The highest BCUT2D eigenvalue weighted by molar-refractivity contribution is 5.73. The van der Waals surface area contributed by atoms with Gasteiger partial charge in [-0.25, -0.2) is 0 Å². The van der Waals surface area contributed by atoms with Gasteiger partial charge in [-0.1, -0.05) is 68.4 Å². The number of rotatable bonds is 14. The fourth-order valence-corrected chi connectivity index (χ4v) is 8.80. The second-order valence-electron chi connectivity index (χ2n) is 15.6. The second-order valence-corrected chi connectivity index (χ2v) is 15.6. The van der Waals surface area contributed by atoms with Gasteiger partial charge in [-0.05, 0) is 62.4 Å². The number of esters is 5. The quantitative estimate of drug-likeness (QED) is 0.124. The van der Waals surface area contributed by atoms with Gasteiger partial charge >= 0.3 is 29.8 Å².